The molecule has 1 N–H and O–H groups in total. The van der Waals surface area contributed by atoms with E-state index in [1.165, 1.54) is 12.1 Å². The van der Waals surface area contributed by atoms with Gasteiger partial charge in [0.25, 0.3) is 0 Å². The van der Waals surface area contributed by atoms with Crippen LogP contribution in [0.4, 0.5) is 30.7 Å². The second kappa shape index (κ2) is 13.1. The van der Waals surface area contributed by atoms with E-state index >= 15 is 0 Å². The number of likely N-dealkylation sites (tertiary alicyclic amines) is 1. The zero-order valence-corrected chi connectivity index (χ0v) is 24.6. The summed E-state index contributed by atoms with van der Waals surface area (Å²) >= 11 is 0. The van der Waals surface area contributed by atoms with E-state index in [0.717, 1.165) is 31.5 Å². The second-order valence-electron chi connectivity index (χ2n) is 12.0. The minimum absolute atomic E-state index is 0.104. The third-order valence-corrected chi connectivity index (χ3v) is 9.28. The van der Waals surface area contributed by atoms with E-state index < -0.39 is 52.5 Å². The first kappa shape index (κ1) is 33.4. The van der Waals surface area contributed by atoms with Crippen molar-refractivity contribution in [1.82, 2.24) is 4.90 Å². The van der Waals surface area contributed by atoms with Crippen molar-refractivity contribution in [3.8, 4) is 0 Å². The monoisotopic (exact) mass is 651 g/mol. The number of carboxylic acids is 1. The molecule has 46 heavy (non-hydrogen) atoms. The molecule has 0 spiro atoms. The first-order valence-corrected chi connectivity index (χ1v) is 15.0. The summed E-state index contributed by atoms with van der Waals surface area (Å²) in [5.41, 5.74) is -4.11. The third kappa shape index (κ3) is 7.22. The Labute approximate surface area is 261 Å². The zero-order valence-electron chi connectivity index (χ0n) is 24.6. The standard InChI is InChI=1S/C34H32F7NO4/c35-27-8-6-21(7-9-27)22-12-16-42(17-13-22)28-10-14-32(15-11-28,24-4-2-1-3-5-24)31(45)46-29(30(43)44)23-18-25(33(36,37)38)20-26(19-23)34(39,40)41/h1-9,18-20,22,28-29H,10-17H2,(H,43,44). The van der Waals surface area contributed by atoms with E-state index in [0.29, 0.717) is 24.3 Å². The number of carbonyl (C=O) groups is 2. The highest BCUT2D eigenvalue weighted by atomic mass is 19.4. The second-order valence-corrected chi connectivity index (χ2v) is 12.0. The van der Waals surface area contributed by atoms with Crippen LogP contribution in [0.3, 0.4) is 0 Å². The number of carbonyl (C=O) groups excluding carboxylic acids is 1. The molecule has 2 fully saturated rings. The molecule has 0 bridgehead atoms. The number of benzene rings is 3. The number of halogens is 7. The topological polar surface area (TPSA) is 66.8 Å². The zero-order chi connectivity index (χ0) is 33.3. The van der Waals surface area contributed by atoms with Gasteiger partial charge in [0.2, 0.25) is 6.10 Å². The van der Waals surface area contributed by atoms with Crippen LogP contribution in [0.25, 0.3) is 0 Å². The molecule has 246 valence electrons. The predicted molar refractivity (Wildman–Crippen MR) is 153 cm³/mol. The molecule has 1 unspecified atom stereocenters. The molecular weight excluding hydrogens is 619 g/mol. The van der Waals surface area contributed by atoms with Gasteiger partial charge in [0.1, 0.15) is 5.82 Å². The molecule has 0 radical (unpaired) electrons. The number of rotatable bonds is 7. The summed E-state index contributed by atoms with van der Waals surface area (Å²) < 4.78 is 99.8. The van der Waals surface area contributed by atoms with Gasteiger partial charge in [-0.3, -0.25) is 4.79 Å². The fourth-order valence-corrected chi connectivity index (χ4v) is 6.77. The molecule has 12 heteroatoms. The number of nitrogens with zero attached hydrogens (tertiary/aromatic N) is 1. The molecule has 1 heterocycles. The molecule has 5 rings (SSSR count). The van der Waals surface area contributed by atoms with Gasteiger partial charge in [0.05, 0.1) is 16.5 Å². The lowest BCUT2D eigenvalue weighted by Crippen LogP contribution is -2.48. The maximum absolute atomic E-state index is 13.9. The summed E-state index contributed by atoms with van der Waals surface area (Å²) in [6.45, 7) is 1.57. The number of esters is 1. The molecule has 5 nitrogen and oxygen atoms in total. The van der Waals surface area contributed by atoms with Crippen molar-refractivity contribution in [2.24, 2.45) is 0 Å². The quantitative estimate of drug-likeness (QED) is 0.206. The van der Waals surface area contributed by atoms with Crippen LogP contribution in [0.1, 0.15) is 78.4 Å². The number of ether oxygens (including phenoxy) is 1. The molecule has 2 aliphatic rings. The maximum atomic E-state index is 13.9. The fraction of sp³-hybridized carbons (Fsp3) is 0.412. The van der Waals surface area contributed by atoms with Crippen molar-refractivity contribution in [3.63, 3.8) is 0 Å². The number of aliphatic carboxylic acids is 1. The Morgan fingerprint density at radius 1 is 0.804 bits per heavy atom. The SMILES string of the molecule is O=C(O)C(OC(=O)C1(c2ccccc2)CCC(N2CCC(c3ccc(F)cc3)CC2)CC1)c1cc(C(F)(F)F)cc(C(F)(F)F)c1. The highest BCUT2D eigenvalue weighted by molar-refractivity contribution is 5.86. The molecule has 3 aromatic carbocycles. The maximum Gasteiger partial charge on any atom is 0.416 e. The van der Waals surface area contributed by atoms with Crippen LogP contribution in [-0.4, -0.2) is 41.1 Å². The Morgan fingerprint density at radius 3 is 1.85 bits per heavy atom. The van der Waals surface area contributed by atoms with Gasteiger partial charge in [0.15, 0.2) is 0 Å². The average Bonchev–Trinajstić information content (AvgIpc) is 3.03. The van der Waals surface area contributed by atoms with Crippen LogP contribution in [0.2, 0.25) is 0 Å². The van der Waals surface area contributed by atoms with Crippen LogP contribution >= 0.6 is 0 Å². The predicted octanol–water partition coefficient (Wildman–Crippen LogP) is 8.29. The Balaban J connectivity index is 1.36. The summed E-state index contributed by atoms with van der Waals surface area (Å²) in [6, 6.07) is 15.5. The summed E-state index contributed by atoms with van der Waals surface area (Å²) in [6.07, 6.45) is -9.55. The van der Waals surface area contributed by atoms with Crippen LogP contribution < -0.4 is 0 Å². The van der Waals surface area contributed by atoms with Crippen molar-refractivity contribution in [3.05, 3.63) is 106 Å². The van der Waals surface area contributed by atoms with Gasteiger partial charge >= 0.3 is 24.3 Å². The first-order chi connectivity index (χ1) is 21.7. The largest absolute Gasteiger partial charge is 0.478 e. The smallest absolute Gasteiger partial charge is 0.416 e. The molecule has 0 amide bonds. The molecule has 0 aromatic heterocycles. The number of alkyl halides is 6. The van der Waals surface area contributed by atoms with E-state index in [4.69, 9.17) is 4.74 Å². The molecule has 3 aromatic rings. The van der Waals surface area contributed by atoms with E-state index in [9.17, 15) is 45.4 Å². The Morgan fingerprint density at radius 2 is 1.35 bits per heavy atom. The number of piperidine rings is 1. The van der Waals surface area contributed by atoms with Crippen LogP contribution in [0.5, 0.6) is 0 Å². The lowest BCUT2D eigenvalue weighted by molar-refractivity contribution is -0.170. The molecule has 1 saturated heterocycles. The van der Waals surface area contributed by atoms with Gasteiger partial charge in [-0.2, -0.15) is 26.3 Å². The minimum atomic E-state index is -5.21. The Kier molecular flexibility index (Phi) is 9.49. The minimum Gasteiger partial charge on any atom is -0.478 e. The first-order valence-electron chi connectivity index (χ1n) is 15.0. The lowest BCUT2D eigenvalue weighted by atomic mass is 9.67. The highest BCUT2D eigenvalue weighted by Crippen LogP contribution is 2.45. The van der Waals surface area contributed by atoms with Gasteiger partial charge in [-0.1, -0.05) is 42.5 Å². The van der Waals surface area contributed by atoms with Crippen molar-refractivity contribution in [1.29, 1.82) is 0 Å². The Bertz CT molecular complexity index is 1490. The molecule has 1 saturated carbocycles. The summed E-state index contributed by atoms with van der Waals surface area (Å²) in [5.74, 6) is -2.92. The third-order valence-electron chi connectivity index (χ3n) is 9.28. The fourth-order valence-electron chi connectivity index (χ4n) is 6.77. The van der Waals surface area contributed by atoms with E-state index in [1.54, 1.807) is 42.5 Å². The number of hydrogen-bond donors (Lipinski definition) is 1. The van der Waals surface area contributed by atoms with Crippen molar-refractivity contribution >= 4 is 11.9 Å². The Hall–Kier alpha value is -3.93. The number of hydrogen-bond acceptors (Lipinski definition) is 4. The van der Waals surface area contributed by atoms with Gasteiger partial charge in [0, 0.05) is 11.6 Å². The van der Waals surface area contributed by atoms with Gasteiger partial charge < -0.3 is 14.7 Å². The summed E-state index contributed by atoms with van der Waals surface area (Å²) in [4.78, 5) is 28.5. The van der Waals surface area contributed by atoms with Gasteiger partial charge in [-0.15, -0.1) is 0 Å². The summed E-state index contributed by atoms with van der Waals surface area (Å²) in [7, 11) is 0. The van der Waals surface area contributed by atoms with Crippen LogP contribution in [-0.2, 0) is 32.1 Å². The van der Waals surface area contributed by atoms with Crippen LogP contribution in [0, 0.1) is 5.82 Å². The lowest BCUT2D eigenvalue weighted by Gasteiger charge is -2.44. The molecule has 1 aliphatic carbocycles. The highest BCUT2D eigenvalue weighted by Gasteiger charge is 2.48. The van der Waals surface area contributed by atoms with Crippen LogP contribution in [0.15, 0.2) is 72.8 Å². The number of carboxylic acid groups (broad SMARTS) is 1. The molecule has 1 aliphatic heterocycles. The van der Waals surface area contributed by atoms with E-state index in [1.807, 2.05) is 0 Å². The van der Waals surface area contributed by atoms with Gasteiger partial charge in [-0.05, 0) is 99.0 Å². The molecular formula is C34H32F7NO4. The molecule has 1 atom stereocenters. The van der Waals surface area contributed by atoms with Crippen molar-refractivity contribution < 1.29 is 50.2 Å². The van der Waals surface area contributed by atoms with Gasteiger partial charge in [-0.25, -0.2) is 9.18 Å². The van der Waals surface area contributed by atoms with E-state index in [2.05, 4.69) is 4.90 Å². The van der Waals surface area contributed by atoms with E-state index in [-0.39, 0.29) is 42.9 Å². The van der Waals surface area contributed by atoms with Crippen molar-refractivity contribution in [2.75, 3.05) is 13.1 Å². The van der Waals surface area contributed by atoms with Crippen molar-refractivity contribution in [2.45, 2.75) is 74.4 Å². The average molecular weight is 652 g/mol. The summed E-state index contributed by atoms with van der Waals surface area (Å²) in [5, 5.41) is 9.88. The normalized spacial score (nSPS) is 22.3.